The van der Waals surface area contributed by atoms with E-state index in [2.05, 4.69) is 5.10 Å². The molecule has 1 aromatic heterocycles. The summed E-state index contributed by atoms with van der Waals surface area (Å²) in [5.74, 6) is 0.292. The molecule has 1 aliphatic heterocycles. The Labute approximate surface area is 100 Å². The normalized spacial score (nSPS) is 19.5. The highest BCUT2D eigenvalue weighted by Gasteiger charge is 2.23. The number of carbonyl (C=O) groups excluding carboxylic acids is 1. The minimum Gasteiger partial charge on any atom is -0.383 e. The van der Waals surface area contributed by atoms with Gasteiger partial charge in [0.2, 0.25) is 0 Å². The Morgan fingerprint density at radius 1 is 1.76 bits per heavy atom. The third-order valence-electron chi connectivity index (χ3n) is 3.06. The number of aryl methyl sites for hydroxylation is 1. The van der Waals surface area contributed by atoms with E-state index in [1.807, 2.05) is 0 Å². The SMILES string of the molecule is CN(CC1CCCO1)C(=O)c1cnn(C)c1N. The first-order chi connectivity index (χ1) is 8.09. The summed E-state index contributed by atoms with van der Waals surface area (Å²) >= 11 is 0. The molecule has 17 heavy (non-hydrogen) atoms. The van der Waals surface area contributed by atoms with Gasteiger partial charge < -0.3 is 15.4 Å². The number of likely N-dealkylation sites (N-methyl/N-ethyl adjacent to an activating group) is 1. The van der Waals surface area contributed by atoms with E-state index in [4.69, 9.17) is 10.5 Å². The van der Waals surface area contributed by atoms with Crippen LogP contribution >= 0.6 is 0 Å². The molecule has 6 nitrogen and oxygen atoms in total. The van der Waals surface area contributed by atoms with E-state index in [0.717, 1.165) is 19.4 Å². The van der Waals surface area contributed by atoms with Crippen molar-refractivity contribution in [2.24, 2.45) is 7.05 Å². The summed E-state index contributed by atoms with van der Waals surface area (Å²) in [7, 11) is 3.47. The Bertz CT molecular complexity index is 410. The molecule has 0 aromatic carbocycles. The molecule has 2 heterocycles. The Kier molecular flexibility index (Phi) is 3.33. The van der Waals surface area contributed by atoms with Gasteiger partial charge in [0.25, 0.3) is 5.91 Å². The lowest BCUT2D eigenvalue weighted by atomic mass is 10.2. The Morgan fingerprint density at radius 3 is 3.06 bits per heavy atom. The molecular formula is C11H18N4O2. The van der Waals surface area contributed by atoms with Crippen molar-refractivity contribution >= 4 is 11.7 Å². The first-order valence-corrected chi connectivity index (χ1v) is 5.74. The molecule has 1 fully saturated rings. The predicted octanol–water partition coefficient (Wildman–Crippen LogP) is 0.253. The maximum Gasteiger partial charge on any atom is 0.259 e. The number of aromatic nitrogens is 2. The molecule has 6 heteroatoms. The minimum atomic E-state index is -0.105. The zero-order chi connectivity index (χ0) is 12.4. The van der Waals surface area contributed by atoms with Gasteiger partial charge in [-0.25, -0.2) is 0 Å². The summed E-state index contributed by atoms with van der Waals surface area (Å²) in [6.07, 6.45) is 3.74. The van der Waals surface area contributed by atoms with E-state index in [1.54, 1.807) is 19.0 Å². The van der Waals surface area contributed by atoms with Crippen LogP contribution in [0.5, 0.6) is 0 Å². The van der Waals surface area contributed by atoms with E-state index in [-0.39, 0.29) is 12.0 Å². The van der Waals surface area contributed by atoms with Gasteiger partial charge in [0, 0.05) is 27.2 Å². The summed E-state index contributed by atoms with van der Waals surface area (Å²) in [5, 5.41) is 3.96. The zero-order valence-corrected chi connectivity index (χ0v) is 10.2. The summed E-state index contributed by atoms with van der Waals surface area (Å²) in [6, 6.07) is 0. The highest BCUT2D eigenvalue weighted by molar-refractivity contribution is 5.98. The molecule has 1 atom stereocenters. The van der Waals surface area contributed by atoms with Crippen LogP contribution in [0.2, 0.25) is 0 Å². The fourth-order valence-corrected chi connectivity index (χ4v) is 1.99. The van der Waals surface area contributed by atoms with Crippen molar-refractivity contribution in [2.75, 3.05) is 25.9 Å². The Hall–Kier alpha value is -1.56. The third kappa shape index (κ3) is 2.41. The number of carbonyl (C=O) groups is 1. The van der Waals surface area contributed by atoms with Crippen molar-refractivity contribution < 1.29 is 9.53 Å². The number of ether oxygens (including phenoxy) is 1. The number of rotatable bonds is 3. The Morgan fingerprint density at radius 2 is 2.53 bits per heavy atom. The van der Waals surface area contributed by atoms with Gasteiger partial charge in [-0.05, 0) is 12.8 Å². The number of amides is 1. The fraction of sp³-hybridized carbons (Fsp3) is 0.636. The molecular weight excluding hydrogens is 220 g/mol. The summed E-state index contributed by atoms with van der Waals surface area (Å²) in [5.41, 5.74) is 6.22. The minimum absolute atomic E-state index is 0.105. The number of nitrogen functional groups attached to an aromatic ring is 1. The molecule has 0 radical (unpaired) electrons. The molecule has 1 unspecified atom stereocenters. The number of anilines is 1. The molecule has 0 saturated carbocycles. The number of hydrogen-bond acceptors (Lipinski definition) is 4. The number of nitrogens with zero attached hydrogens (tertiary/aromatic N) is 3. The molecule has 94 valence electrons. The monoisotopic (exact) mass is 238 g/mol. The lowest BCUT2D eigenvalue weighted by Gasteiger charge is -2.20. The van der Waals surface area contributed by atoms with Crippen molar-refractivity contribution in [2.45, 2.75) is 18.9 Å². The number of nitrogens with two attached hydrogens (primary N) is 1. The molecule has 1 saturated heterocycles. The van der Waals surface area contributed by atoms with E-state index in [9.17, 15) is 4.79 Å². The first kappa shape index (κ1) is 11.9. The van der Waals surface area contributed by atoms with Gasteiger partial charge in [-0.15, -0.1) is 0 Å². The zero-order valence-electron chi connectivity index (χ0n) is 10.2. The smallest absolute Gasteiger partial charge is 0.259 e. The van der Waals surface area contributed by atoms with Gasteiger partial charge >= 0.3 is 0 Å². The topological polar surface area (TPSA) is 73.4 Å². The molecule has 0 bridgehead atoms. The highest BCUT2D eigenvalue weighted by Crippen LogP contribution is 2.16. The second kappa shape index (κ2) is 4.75. The summed E-state index contributed by atoms with van der Waals surface area (Å²) < 4.78 is 6.99. The van der Waals surface area contributed by atoms with E-state index < -0.39 is 0 Å². The van der Waals surface area contributed by atoms with Crippen molar-refractivity contribution in [3.63, 3.8) is 0 Å². The predicted molar refractivity (Wildman–Crippen MR) is 63.6 cm³/mol. The van der Waals surface area contributed by atoms with Crippen LogP contribution in [0.4, 0.5) is 5.82 Å². The third-order valence-corrected chi connectivity index (χ3v) is 3.06. The standard InChI is InChI=1S/C11H18N4O2/c1-14(7-8-4-3-5-17-8)11(16)9-6-13-15(2)10(9)12/h6,8H,3-5,7,12H2,1-2H3. The van der Waals surface area contributed by atoms with Crippen LogP contribution in [0, 0.1) is 0 Å². The maximum atomic E-state index is 12.1. The second-order valence-electron chi connectivity index (χ2n) is 4.39. The maximum absolute atomic E-state index is 12.1. The largest absolute Gasteiger partial charge is 0.383 e. The van der Waals surface area contributed by atoms with Crippen LogP contribution in [0.1, 0.15) is 23.2 Å². The van der Waals surface area contributed by atoms with Crippen LogP contribution in [-0.2, 0) is 11.8 Å². The van der Waals surface area contributed by atoms with E-state index >= 15 is 0 Å². The molecule has 1 aliphatic rings. The Balaban J connectivity index is 2.01. The summed E-state index contributed by atoms with van der Waals surface area (Å²) in [4.78, 5) is 13.7. The molecule has 1 amide bonds. The average molecular weight is 238 g/mol. The molecule has 0 aliphatic carbocycles. The lowest BCUT2D eigenvalue weighted by molar-refractivity contribution is 0.0588. The van der Waals surface area contributed by atoms with Gasteiger partial charge in [-0.3, -0.25) is 9.48 Å². The average Bonchev–Trinajstić information content (AvgIpc) is 2.90. The van der Waals surface area contributed by atoms with Gasteiger partial charge in [0.05, 0.1) is 12.3 Å². The summed E-state index contributed by atoms with van der Waals surface area (Å²) in [6.45, 7) is 1.40. The van der Waals surface area contributed by atoms with Gasteiger partial charge in [0.1, 0.15) is 11.4 Å². The van der Waals surface area contributed by atoms with Crippen LogP contribution in [0.3, 0.4) is 0 Å². The van der Waals surface area contributed by atoms with Gasteiger partial charge in [-0.2, -0.15) is 5.10 Å². The van der Waals surface area contributed by atoms with E-state index in [1.165, 1.54) is 10.9 Å². The van der Waals surface area contributed by atoms with Crippen molar-refractivity contribution in [1.29, 1.82) is 0 Å². The van der Waals surface area contributed by atoms with Gasteiger partial charge in [0.15, 0.2) is 0 Å². The van der Waals surface area contributed by atoms with Crippen molar-refractivity contribution in [3.05, 3.63) is 11.8 Å². The van der Waals surface area contributed by atoms with Gasteiger partial charge in [-0.1, -0.05) is 0 Å². The molecule has 2 N–H and O–H groups in total. The van der Waals surface area contributed by atoms with E-state index in [0.29, 0.717) is 17.9 Å². The molecule has 2 rings (SSSR count). The highest BCUT2D eigenvalue weighted by atomic mass is 16.5. The lowest BCUT2D eigenvalue weighted by Crippen LogP contribution is -2.34. The quantitative estimate of drug-likeness (QED) is 0.819. The van der Waals surface area contributed by atoms with Crippen LogP contribution in [-0.4, -0.2) is 46.9 Å². The van der Waals surface area contributed by atoms with Crippen LogP contribution < -0.4 is 5.73 Å². The number of hydrogen-bond donors (Lipinski definition) is 1. The second-order valence-corrected chi connectivity index (χ2v) is 4.39. The van der Waals surface area contributed by atoms with Crippen LogP contribution in [0.25, 0.3) is 0 Å². The van der Waals surface area contributed by atoms with Crippen LogP contribution in [0.15, 0.2) is 6.20 Å². The fourth-order valence-electron chi connectivity index (χ4n) is 1.99. The molecule has 1 aromatic rings. The first-order valence-electron chi connectivity index (χ1n) is 5.74. The van der Waals surface area contributed by atoms with Crippen molar-refractivity contribution in [1.82, 2.24) is 14.7 Å². The van der Waals surface area contributed by atoms with Crippen molar-refractivity contribution in [3.8, 4) is 0 Å². The molecule has 0 spiro atoms.